The lowest BCUT2D eigenvalue weighted by molar-refractivity contribution is 0.0744. The number of halogens is 1. The third-order valence-corrected chi connectivity index (χ3v) is 3.95. The molecule has 0 aliphatic carbocycles. The molecule has 0 aromatic heterocycles. The Morgan fingerprint density at radius 3 is 2.39 bits per heavy atom. The summed E-state index contributed by atoms with van der Waals surface area (Å²) in [6, 6.07) is 7.53. The standard InChI is InChI=1S/C14H21ClN2O/c1-2-16-7-9-17(10-8-16)11-14(18)12-5-3-4-6-13(12)15/h3-6,14,18H,2,7-11H2,1H3/t14-/m0/s1. The van der Waals surface area contributed by atoms with Crippen molar-refractivity contribution in [2.75, 3.05) is 39.3 Å². The maximum atomic E-state index is 10.2. The molecule has 0 radical (unpaired) electrons. The van der Waals surface area contributed by atoms with Crippen LogP contribution in [0.2, 0.25) is 5.02 Å². The predicted octanol–water partition coefficient (Wildman–Crippen LogP) is 2.01. The maximum Gasteiger partial charge on any atom is 0.0931 e. The number of piperazine rings is 1. The van der Waals surface area contributed by atoms with Crippen LogP contribution in [-0.4, -0.2) is 54.2 Å². The summed E-state index contributed by atoms with van der Waals surface area (Å²) in [6.07, 6.45) is -0.494. The van der Waals surface area contributed by atoms with Crippen molar-refractivity contribution in [2.45, 2.75) is 13.0 Å². The summed E-state index contributed by atoms with van der Waals surface area (Å²) < 4.78 is 0. The van der Waals surface area contributed by atoms with Gasteiger partial charge in [0, 0.05) is 43.3 Å². The minimum Gasteiger partial charge on any atom is -0.387 e. The molecule has 18 heavy (non-hydrogen) atoms. The molecule has 1 aromatic rings. The Labute approximate surface area is 114 Å². The highest BCUT2D eigenvalue weighted by Crippen LogP contribution is 2.23. The van der Waals surface area contributed by atoms with Crippen LogP contribution in [-0.2, 0) is 0 Å². The van der Waals surface area contributed by atoms with Crippen molar-refractivity contribution in [1.82, 2.24) is 9.80 Å². The lowest BCUT2D eigenvalue weighted by atomic mass is 10.1. The Morgan fingerprint density at radius 1 is 1.17 bits per heavy atom. The van der Waals surface area contributed by atoms with Gasteiger partial charge in [-0.1, -0.05) is 36.7 Å². The summed E-state index contributed by atoms with van der Waals surface area (Å²) in [6.45, 7) is 8.19. The van der Waals surface area contributed by atoms with E-state index in [9.17, 15) is 5.11 Å². The minimum atomic E-state index is -0.494. The van der Waals surface area contributed by atoms with E-state index in [0.29, 0.717) is 11.6 Å². The molecule has 1 aliphatic heterocycles. The topological polar surface area (TPSA) is 26.7 Å². The first-order chi connectivity index (χ1) is 8.70. The first-order valence-electron chi connectivity index (χ1n) is 6.58. The van der Waals surface area contributed by atoms with Gasteiger partial charge in [-0.05, 0) is 12.6 Å². The number of nitrogens with zero attached hydrogens (tertiary/aromatic N) is 2. The normalized spacial score (nSPS) is 19.9. The number of rotatable bonds is 4. The van der Waals surface area contributed by atoms with Gasteiger partial charge in [0.1, 0.15) is 0 Å². The first kappa shape index (κ1) is 13.8. The highest BCUT2D eigenvalue weighted by atomic mass is 35.5. The van der Waals surface area contributed by atoms with Gasteiger partial charge < -0.3 is 10.0 Å². The van der Waals surface area contributed by atoms with Crippen LogP contribution >= 0.6 is 11.6 Å². The second-order valence-corrected chi connectivity index (χ2v) is 5.18. The van der Waals surface area contributed by atoms with Crippen LogP contribution in [0.3, 0.4) is 0 Å². The van der Waals surface area contributed by atoms with Crippen molar-refractivity contribution in [3.63, 3.8) is 0 Å². The summed E-state index contributed by atoms with van der Waals surface area (Å²) >= 11 is 6.10. The van der Waals surface area contributed by atoms with E-state index in [1.54, 1.807) is 0 Å². The quantitative estimate of drug-likeness (QED) is 0.905. The van der Waals surface area contributed by atoms with Crippen molar-refractivity contribution < 1.29 is 5.11 Å². The van der Waals surface area contributed by atoms with Crippen molar-refractivity contribution in [2.24, 2.45) is 0 Å². The van der Waals surface area contributed by atoms with E-state index >= 15 is 0 Å². The van der Waals surface area contributed by atoms with Gasteiger partial charge >= 0.3 is 0 Å². The van der Waals surface area contributed by atoms with E-state index in [1.165, 1.54) is 0 Å². The molecule has 1 saturated heterocycles. The molecule has 100 valence electrons. The van der Waals surface area contributed by atoms with Crippen LogP contribution in [0.4, 0.5) is 0 Å². The third kappa shape index (κ3) is 3.45. The van der Waals surface area contributed by atoms with E-state index in [1.807, 2.05) is 24.3 Å². The molecule has 1 N–H and O–H groups in total. The van der Waals surface area contributed by atoms with Crippen LogP contribution in [0, 0.1) is 0 Å². The maximum absolute atomic E-state index is 10.2. The van der Waals surface area contributed by atoms with Crippen molar-refractivity contribution in [3.8, 4) is 0 Å². The summed E-state index contributed by atoms with van der Waals surface area (Å²) in [5, 5.41) is 10.9. The lowest BCUT2D eigenvalue weighted by Gasteiger charge is -2.35. The van der Waals surface area contributed by atoms with Crippen molar-refractivity contribution in [1.29, 1.82) is 0 Å². The molecule has 1 heterocycles. The first-order valence-corrected chi connectivity index (χ1v) is 6.95. The number of hydrogen-bond acceptors (Lipinski definition) is 3. The van der Waals surface area contributed by atoms with Gasteiger partial charge in [-0.3, -0.25) is 4.90 Å². The van der Waals surface area contributed by atoms with Gasteiger partial charge in [0.05, 0.1) is 6.10 Å². The molecule has 4 heteroatoms. The predicted molar refractivity (Wildman–Crippen MR) is 75.0 cm³/mol. The monoisotopic (exact) mass is 268 g/mol. The van der Waals surface area contributed by atoms with Gasteiger partial charge in [0.25, 0.3) is 0 Å². The number of benzene rings is 1. The highest BCUT2D eigenvalue weighted by Gasteiger charge is 2.19. The molecule has 0 unspecified atom stereocenters. The largest absolute Gasteiger partial charge is 0.387 e. The zero-order valence-electron chi connectivity index (χ0n) is 10.8. The average Bonchev–Trinajstić information content (AvgIpc) is 2.40. The molecule has 2 rings (SSSR count). The molecule has 3 nitrogen and oxygen atoms in total. The van der Waals surface area contributed by atoms with Crippen molar-refractivity contribution in [3.05, 3.63) is 34.9 Å². The Bertz CT molecular complexity index is 378. The van der Waals surface area contributed by atoms with Crippen LogP contribution in [0.25, 0.3) is 0 Å². The Hall–Kier alpha value is -0.610. The minimum absolute atomic E-state index is 0.494. The molecule has 0 amide bonds. The molecule has 0 spiro atoms. The van der Waals surface area contributed by atoms with Gasteiger partial charge in [0.2, 0.25) is 0 Å². The molecular formula is C14H21ClN2O. The fourth-order valence-electron chi connectivity index (χ4n) is 2.38. The van der Waals surface area contributed by atoms with Crippen LogP contribution in [0.5, 0.6) is 0 Å². The van der Waals surface area contributed by atoms with Gasteiger partial charge in [0.15, 0.2) is 0 Å². The van der Waals surface area contributed by atoms with Gasteiger partial charge in [-0.15, -0.1) is 0 Å². The fraction of sp³-hybridized carbons (Fsp3) is 0.571. The second-order valence-electron chi connectivity index (χ2n) is 4.77. The summed E-state index contributed by atoms with van der Waals surface area (Å²) in [7, 11) is 0. The molecular weight excluding hydrogens is 248 g/mol. The molecule has 1 aromatic carbocycles. The second kappa shape index (κ2) is 6.53. The van der Waals surface area contributed by atoms with E-state index in [4.69, 9.17) is 11.6 Å². The van der Waals surface area contributed by atoms with E-state index in [0.717, 1.165) is 38.3 Å². The number of aliphatic hydroxyl groups excluding tert-OH is 1. The number of β-amino-alcohol motifs (C(OH)–C–C–N with tert-alkyl or cyclic N) is 1. The Balaban J connectivity index is 1.89. The summed E-state index contributed by atoms with van der Waals surface area (Å²) in [4.78, 5) is 4.73. The average molecular weight is 269 g/mol. The van der Waals surface area contributed by atoms with E-state index in [2.05, 4.69) is 16.7 Å². The Morgan fingerprint density at radius 2 is 1.78 bits per heavy atom. The third-order valence-electron chi connectivity index (χ3n) is 3.61. The number of hydrogen-bond donors (Lipinski definition) is 1. The summed E-state index contributed by atoms with van der Waals surface area (Å²) in [5.41, 5.74) is 0.831. The highest BCUT2D eigenvalue weighted by molar-refractivity contribution is 6.31. The van der Waals surface area contributed by atoms with Crippen LogP contribution < -0.4 is 0 Å². The van der Waals surface area contributed by atoms with E-state index < -0.39 is 6.10 Å². The number of aliphatic hydroxyl groups is 1. The van der Waals surface area contributed by atoms with Gasteiger partial charge in [-0.2, -0.15) is 0 Å². The zero-order valence-corrected chi connectivity index (χ0v) is 11.6. The zero-order chi connectivity index (χ0) is 13.0. The Kier molecular flexibility index (Phi) is 5.01. The molecule has 1 aliphatic rings. The molecule has 1 fully saturated rings. The van der Waals surface area contributed by atoms with Crippen molar-refractivity contribution >= 4 is 11.6 Å². The summed E-state index contributed by atoms with van der Waals surface area (Å²) in [5.74, 6) is 0. The van der Waals surface area contributed by atoms with Crippen LogP contribution in [0.15, 0.2) is 24.3 Å². The molecule has 0 bridgehead atoms. The fourth-order valence-corrected chi connectivity index (χ4v) is 2.64. The van der Waals surface area contributed by atoms with Crippen LogP contribution in [0.1, 0.15) is 18.6 Å². The SMILES string of the molecule is CCN1CCN(C[C@H](O)c2ccccc2Cl)CC1. The van der Waals surface area contributed by atoms with Gasteiger partial charge in [-0.25, -0.2) is 0 Å². The molecule has 1 atom stereocenters. The van der Waals surface area contributed by atoms with E-state index in [-0.39, 0.29) is 0 Å². The molecule has 0 saturated carbocycles. The smallest absolute Gasteiger partial charge is 0.0931 e. The number of likely N-dealkylation sites (N-methyl/N-ethyl adjacent to an activating group) is 1. The lowest BCUT2D eigenvalue weighted by Crippen LogP contribution is -2.47.